The van der Waals surface area contributed by atoms with Gasteiger partial charge in [0.15, 0.2) is 5.82 Å². The monoisotopic (exact) mass is 443 g/mol. The molecule has 0 saturated carbocycles. The molecule has 1 fully saturated rings. The zero-order valence-corrected chi connectivity index (χ0v) is 17.7. The highest BCUT2D eigenvalue weighted by molar-refractivity contribution is 5.45. The lowest BCUT2D eigenvalue weighted by atomic mass is 10.2. The quantitative estimate of drug-likeness (QED) is 0.627. The lowest BCUT2D eigenvalue weighted by molar-refractivity contribution is 0.292. The van der Waals surface area contributed by atoms with E-state index in [2.05, 4.69) is 19.8 Å². The van der Waals surface area contributed by atoms with Crippen molar-refractivity contribution in [1.82, 2.24) is 19.4 Å². The number of ether oxygens (including phenoxy) is 1. The predicted octanol–water partition coefficient (Wildman–Crippen LogP) is 1.92. The second-order valence-corrected chi connectivity index (χ2v) is 7.85. The van der Waals surface area contributed by atoms with Crippen LogP contribution in [-0.4, -0.2) is 52.7 Å². The number of hydrogen-bond acceptors (Lipinski definition) is 6. The number of nitrogens with zero attached hydrogens (tertiary/aromatic N) is 4. The van der Waals surface area contributed by atoms with Crippen molar-refractivity contribution in [2.75, 3.05) is 32.1 Å². The fourth-order valence-corrected chi connectivity index (χ4v) is 3.66. The van der Waals surface area contributed by atoms with Gasteiger partial charge in [-0.3, -0.25) is 19.1 Å². The fraction of sp³-hybridized carbons (Fsp3) is 0.318. The van der Waals surface area contributed by atoms with Crippen LogP contribution in [0.5, 0.6) is 5.75 Å². The van der Waals surface area contributed by atoms with Gasteiger partial charge in [-0.15, -0.1) is 0 Å². The maximum atomic E-state index is 13.7. The summed E-state index contributed by atoms with van der Waals surface area (Å²) in [7, 11) is 4.07. The van der Waals surface area contributed by atoms with Crippen LogP contribution in [0.1, 0.15) is 12.1 Å². The molecule has 0 amide bonds. The maximum absolute atomic E-state index is 13.7. The zero-order valence-electron chi connectivity index (χ0n) is 17.7. The van der Waals surface area contributed by atoms with Crippen LogP contribution in [0.25, 0.3) is 5.69 Å². The lowest BCUT2D eigenvalue weighted by Crippen LogP contribution is -2.32. The second-order valence-electron chi connectivity index (χ2n) is 7.85. The third kappa shape index (κ3) is 4.54. The molecule has 0 aliphatic carbocycles. The number of H-pyrrole nitrogens is 1. The molecule has 1 unspecified atom stereocenters. The molecule has 3 aromatic rings. The van der Waals surface area contributed by atoms with Gasteiger partial charge in [0.05, 0.1) is 6.20 Å². The standard InChI is InChI=1S/C22H23F2N5O3/c1-27(2)15-5-7-28(12-15)20-4-3-19(22(31)26-20)29-8-6-16(10-21(29)30)32-13-18-17(24)9-14(23)11-25-18/h3-4,6,8-11,15H,5,7,12-13H2,1-2H3,(H,26,31). The molecule has 0 bridgehead atoms. The molecular formula is C22H23F2N5O3. The summed E-state index contributed by atoms with van der Waals surface area (Å²) < 4.78 is 33.2. The summed E-state index contributed by atoms with van der Waals surface area (Å²) in [5, 5.41) is 0. The zero-order chi connectivity index (χ0) is 22.8. The van der Waals surface area contributed by atoms with Crippen LogP contribution >= 0.6 is 0 Å². The average Bonchev–Trinajstić information content (AvgIpc) is 3.24. The Morgan fingerprint density at radius 3 is 2.69 bits per heavy atom. The molecule has 1 aliphatic heterocycles. The summed E-state index contributed by atoms with van der Waals surface area (Å²) >= 11 is 0. The molecule has 10 heteroatoms. The van der Waals surface area contributed by atoms with E-state index in [1.165, 1.54) is 22.9 Å². The number of aromatic nitrogens is 3. The Kier molecular flexibility index (Phi) is 6.04. The number of halogens is 2. The third-order valence-corrected chi connectivity index (χ3v) is 5.52. The average molecular weight is 443 g/mol. The molecule has 1 saturated heterocycles. The van der Waals surface area contributed by atoms with Crippen molar-refractivity contribution in [2.45, 2.75) is 19.1 Å². The third-order valence-electron chi connectivity index (χ3n) is 5.52. The Hall–Kier alpha value is -3.53. The molecular weight excluding hydrogens is 420 g/mol. The van der Waals surface area contributed by atoms with Gasteiger partial charge < -0.3 is 19.5 Å². The van der Waals surface area contributed by atoms with Gasteiger partial charge >= 0.3 is 0 Å². The Morgan fingerprint density at radius 1 is 1.22 bits per heavy atom. The first-order valence-corrected chi connectivity index (χ1v) is 10.1. The Labute approximate surface area is 182 Å². The molecule has 3 aromatic heterocycles. The number of likely N-dealkylation sites (N-methyl/N-ethyl adjacent to an activating group) is 1. The number of anilines is 1. The topological polar surface area (TPSA) is 83.5 Å². The molecule has 0 spiro atoms. The summed E-state index contributed by atoms with van der Waals surface area (Å²) in [6.07, 6.45) is 3.31. The van der Waals surface area contributed by atoms with E-state index in [9.17, 15) is 18.4 Å². The maximum Gasteiger partial charge on any atom is 0.273 e. The van der Waals surface area contributed by atoms with Crippen molar-refractivity contribution in [3.8, 4) is 11.4 Å². The molecule has 168 valence electrons. The Morgan fingerprint density at radius 2 is 2.03 bits per heavy atom. The van der Waals surface area contributed by atoms with E-state index in [0.717, 1.165) is 25.7 Å². The van der Waals surface area contributed by atoms with Crippen LogP contribution < -0.4 is 20.8 Å². The Bertz CT molecular complexity index is 1240. The first-order chi connectivity index (χ1) is 15.3. The smallest absolute Gasteiger partial charge is 0.273 e. The number of pyridine rings is 3. The molecule has 1 aliphatic rings. The van der Waals surface area contributed by atoms with E-state index in [1.54, 1.807) is 12.1 Å². The molecule has 32 heavy (non-hydrogen) atoms. The van der Waals surface area contributed by atoms with Gasteiger partial charge in [-0.25, -0.2) is 8.78 Å². The van der Waals surface area contributed by atoms with Gasteiger partial charge in [0.1, 0.15) is 35.4 Å². The van der Waals surface area contributed by atoms with Crippen molar-refractivity contribution in [1.29, 1.82) is 0 Å². The summed E-state index contributed by atoms with van der Waals surface area (Å²) in [5.74, 6) is -0.728. The molecule has 1 N–H and O–H groups in total. The van der Waals surface area contributed by atoms with Crippen molar-refractivity contribution in [3.63, 3.8) is 0 Å². The van der Waals surface area contributed by atoms with Crippen LogP contribution in [0.3, 0.4) is 0 Å². The van der Waals surface area contributed by atoms with Crippen molar-refractivity contribution in [2.24, 2.45) is 0 Å². The predicted molar refractivity (Wildman–Crippen MR) is 115 cm³/mol. The van der Waals surface area contributed by atoms with Gasteiger partial charge in [0, 0.05) is 37.5 Å². The van der Waals surface area contributed by atoms with E-state index in [4.69, 9.17) is 4.74 Å². The van der Waals surface area contributed by atoms with E-state index < -0.39 is 17.2 Å². The summed E-state index contributed by atoms with van der Waals surface area (Å²) in [6, 6.07) is 7.20. The van der Waals surface area contributed by atoms with Crippen LogP contribution in [0, 0.1) is 11.6 Å². The van der Waals surface area contributed by atoms with Gasteiger partial charge in [-0.2, -0.15) is 0 Å². The minimum absolute atomic E-state index is 0.0824. The molecule has 4 rings (SSSR count). The van der Waals surface area contributed by atoms with Crippen molar-refractivity contribution in [3.05, 3.63) is 80.8 Å². The summed E-state index contributed by atoms with van der Waals surface area (Å²) in [4.78, 5) is 36.0. The van der Waals surface area contributed by atoms with Gasteiger partial charge in [-0.05, 0) is 38.7 Å². The first kappa shape index (κ1) is 21.7. The van der Waals surface area contributed by atoms with Crippen molar-refractivity contribution >= 4 is 5.82 Å². The van der Waals surface area contributed by atoms with Gasteiger partial charge in [-0.1, -0.05) is 0 Å². The highest BCUT2D eigenvalue weighted by atomic mass is 19.1. The molecule has 8 nitrogen and oxygen atoms in total. The van der Waals surface area contributed by atoms with E-state index >= 15 is 0 Å². The van der Waals surface area contributed by atoms with Gasteiger partial charge in [0.2, 0.25) is 0 Å². The van der Waals surface area contributed by atoms with Gasteiger partial charge in [0.25, 0.3) is 11.1 Å². The normalized spacial score (nSPS) is 16.0. The number of hydrogen-bond donors (Lipinski definition) is 1. The largest absolute Gasteiger partial charge is 0.487 e. The SMILES string of the molecule is CN(C)C1CCN(c2ccc(-n3ccc(OCc4ncc(F)cc4F)cc3=O)c(=O)[nH]2)C1. The van der Waals surface area contributed by atoms with Crippen LogP contribution in [0.15, 0.2) is 52.3 Å². The molecule has 4 heterocycles. The molecule has 0 radical (unpaired) electrons. The number of rotatable bonds is 6. The van der Waals surface area contributed by atoms with E-state index in [0.29, 0.717) is 17.9 Å². The minimum Gasteiger partial charge on any atom is -0.487 e. The first-order valence-electron chi connectivity index (χ1n) is 10.1. The van der Waals surface area contributed by atoms with Crippen LogP contribution in [0.4, 0.5) is 14.6 Å². The van der Waals surface area contributed by atoms with E-state index in [1.807, 2.05) is 14.1 Å². The lowest BCUT2D eigenvalue weighted by Gasteiger charge is -2.21. The molecule has 0 aromatic carbocycles. The number of nitrogens with one attached hydrogen (secondary N) is 1. The summed E-state index contributed by atoms with van der Waals surface area (Å²) in [5.41, 5.74) is -0.771. The molecule has 1 atom stereocenters. The Balaban J connectivity index is 1.49. The fourth-order valence-electron chi connectivity index (χ4n) is 3.66. The number of aromatic amines is 1. The highest BCUT2D eigenvalue weighted by Gasteiger charge is 2.24. The van der Waals surface area contributed by atoms with E-state index in [-0.39, 0.29) is 29.3 Å². The highest BCUT2D eigenvalue weighted by Crippen LogP contribution is 2.20. The van der Waals surface area contributed by atoms with Crippen LogP contribution in [-0.2, 0) is 6.61 Å². The van der Waals surface area contributed by atoms with Crippen LogP contribution in [0.2, 0.25) is 0 Å². The van der Waals surface area contributed by atoms with Crippen molar-refractivity contribution < 1.29 is 13.5 Å². The summed E-state index contributed by atoms with van der Waals surface area (Å²) in [6.45, 7) is 1.39. The minimum atomic E-state index is -0.833. The second kappa shape index (κ2) is 8.91.